The fourth-order valence-corrected chi connectivity index (χ4v) is 5.69. The molecule has 0 aromatic carbocycles. The summed E-state index contributed by atoms with van der Waals surface area (Å²) in [6, 6.07) is 0. The Kier molecular flexibility index (Phi) is 6.79. The van der Waals surface area contributed by atoms with Crippen molar-refractivity contribution in [3.05, 3.63) is 0 Å². The van der Waals surface area contributed by atoms with E-state index in [-0.39, 0.29) is 0 Å². The number of rotatable bonds is 9. The molecular formula is C21H26F2O12S. The Bertz CT molecular complexity index is 1050. The second kappa shape index (κ2) is 9.17. The molecule has 4 rings (SSSR count). The molecule has 4 aliphatic rings. The summed E-state index contributed by atoms with van der Waals surface area (Å²) in [7, 11) is -5.83. The minimum Gasteiger partial charge on any atom is -0.459 e. The molecule has 0 radical (unpaired) electrons. The van der Waals surface area contributed by atoms with Crippen LogP contribution in [0.3, 0.4) is 0 Å². The summed E-state index contributed by atoms with van der Waals surface area (Å²) in [6.45, 7) is 2.37. The fraction of sp³-hybridized carbons (Fsp3) is 0.810. The van der Waals surface area contributed by atoms with Crippen LogP contribution in [0.2, 0.25) is 0 Å². The Hall–Kier alpha value is -2.39. The maximum Gasteiger partial charge on any atom is 0.405 e. The molecule has 0 spiro atoms. The van der Waals surface area contributed by atoms with Crippen LogP contribution in [0.5, 0.6) is 0 Å². The van der Waals surface area contributed by atoms with Crippen LogP contribution in [0.25, 0.3) is 0 Å². The van der Waals surface area contributed by atoms with Gasteiger partial charge in [-0.1, -0.05) is 0 Å². The standard InChI is InChI=1S/C21H26F2O12S/c1-9(21(22,23)36(28,29)30)31-10(24)5-6-11(25)32-16-15-13(12-14(33-15)17(16)34-18(12)26)19(27)35-20(2)7-3-4-8-20/h9,12-17H,3-8H2,1-2H3,(H,28,29,30). The second-order valence-electron chi connectivity index (χ2n) is 9.72. The highest BCUT2D eigenvalue weighted by Gasteiger charge is 2.72. The van der Waals surface area contributed by atoms with Gasteiger partial charge in [0.1, 0.15) is 29.6 Å². The fourth-order valence-electron chi connectivity index (χ4n) is 5.22. The molecule has 12 nitrogen and oxygen atoms in total. The van der Waals surface area contributed by atoms with Gasteiger partial charge in [-0.25, -0.2) is 0 Å². The smallest absolute Gasteiger partial charge is 0.405 e. The zero-order valence-corrected chi connectivity index (χ0v) is 20.2. The van der Waals surface area contributed by atoms with Crippen molar-refractivity contribution in [1.82, 2.24) is 0 Å². The first-order valence-corrected chi connectivity index (χ1v) is 12.9. The number of carbonyl (C=O) groups is 4. The molecule has 2 bridgehead atoms. The Labute approximate surface area is 204 Å². The van der Waals surface area contributed by atoms with Gasteiger partial charge in [-0.2, -0.15) is 17.2 Å². The summed E-state index contributed by atoms with van der Waals surface area (Å²) < 4.78 is 83.4. The largest absolute Gasteiger partial charge is 0.459 e. The predicted molar refractivity (Wildman–Crippen MR) is 110 cm³/mol. The molecule has 3 heterocycles. The summed E-state index contributed by atoms with van der Waals surface area (Å²) in [5.41, 5.74) is -0.656. The van der Waals surface area contributed by atoms with Crippen molar-refractivity contribution in [3.63, 3.8) is 0 Å². The maximum atomic E-state index is 13.5. The van der Waals surface area contributed by atoms with Crippen LogP contribution >= 0.6 is 0 Å². The number of carbonyl (C=O) groups excluding carboxylic acids is 4. The van der Waals surface area contributed by atoms with E-state index in [9.17, 15) is 36.4 Å². The molecule has 4 fully saturated rings. The van der Waals surface area contributed by atoms with Crippen molar-refractivity contribution >= 4 is 34.0 Å². The van der Waals surface area contributed by atoms with Crippen molar-refractivity contribution in [3.8, 4) is 0 Å². The number of fused-ring (bicyclic) bond motifs is 1. The molecule has 1 aliphatic carbocycles. The number of hydrogen-bond acceptors (Lipinski definition) is 11. The number of hydrogen-bond donors (Lipinski definition) is 1. The van der Waals surface area contributed by atoms with E-state index in [2.05, 4.69) is 4.74 Å². The van der Waals surface area contributed by atoms with Crippen LogP contribution in [0, 0.1) is 11.8 Å². The molecular weight excluding hydrogens is 514 g/mol. The van der Waals surface area contributed by atoms with E-state index >= 15 is 0 Å². The maximum absolute atomic E-state index is 13.5. The van der Waals surface area contributed by atoms with Crippen LogP contribution in [0.15, 0.2) is 0 Å². The highest BCUT2D eigenvalue weighted by molar-refractivity contribution is 7.86. The van der Waals surface area contributed by atoms with Crippen molar-refractivity contribution in [1.29, 1.82) is 0 Å². The van der Waals surface area contributed by atoms with Crippen molar-refractivity contribution in [2.75, 3.05) is 0 Å². The van der Waals surface area contributed by atoms with E-state index in [0.29, 0.717) is 19.8 Å². The van der Waals surface area contributed by atoms with Crippen LogP contribution < -0.4 is 0 Å². The van der Waals surface area contributed by atoms with Gasteiger partial charge in [0.25, 0.3) is 0 Å². The van der Waals surface area contributed by atoms with Crippen LogP contribution in [0.4, 0.5) is 8.78 Å². The lowest BCUT2D eigenvalue weighted by atomic mass is 9.78. The van der Waals surface area contributed by atoms with Crippen LogP contribution in [-0.2, 0) is 53.0 Å². The molecule has 7 atom stereocenters. The zero-order chi connectivity index (χ0) is 26.6. The van der Waals surface area contributed by atoms with Gasteiger partial charge in [0.15, 0.2) is 18.3 Å². The van der Waals surface area contributed by atoms with Gasteiger partial charge in [-0.3, -0.25) is 23.7 Å². The highest BCUT2D eigenvalue weighted by Crippen LogP contribution is 2.52. The topological polar surface area (TPSA) is 169 Å². The minimum absolute atomic E-state index is 0.562. The van der Waals surface area contributed by atoms with Crippen LogP contribution in [0.1, 0.15) is 52.4 Å². The number of esters is 4. The Morgan fingerprint density at radius 1 is 1.14 bits per heavy atom. The van der Waals surface area contributed by atoms with Crippen molar-refractivity contribution in [2.45, 2.75) is 93.7 Å². The first-order valence-electron chi connectivity index (χ1n) is 11.5. The lowest BCUT2D eigenvalue weighted by Crippen LogP contribution is -2.49. The van der Waals surface area contributed by atoms with Gasteiger partial charge in [-0.15, -0.1) is 0 Å². The Balaban J connectivity index is 1.34. The van der Waals surface area contributed by atoms with Gasteiger partial charge < -0.3 is 23.7 Å². The molecule has 3 saturated heterocycles. The lowest BCUT2D eigenvalue weighted by molar-refractivity contribution is -0.172. The molecule has 36 heavy (non-hydrogen) atoms. The van der Waals surface area contributed by atoms with E-state index in [0.717, 1.165) is 12.8 Å². The summed E-state index contributed by atoms with van der Waals surface area (Å²) in [6.07, 6.45) is -4.63. The number of halogens is 2. The molecule has 3 aliphatic heterocycles. The molecule has 0 aromatic rings. The quantitative estimate of drug-likeness (QED) is 0.250. The van der Waals surface area contributed by atoms with Gasteiger partial charge >= 0.3 is 39.2 Å². The monoisotopic (exact) mass is 540 g/mol. The normalized spacial score (nSPS) is 33.2. The van der Waals surface area contributed by atoms with Crippen LogP contribution in [-0.4, -0.2) is 78.2 Å². The third kappa shape index (κ3) is 4.67. The first kappa shape index (κ1) is 26.7. The first-order chi connectivity index (χ1) is 16.6. The van der Waals surface area contributed by atoms with Crippen molar-refractivity contribution < 1.29 is 64.6 Å². The average Bonchev–Trinajstić information content (AvgIpc) is 3.49. The number of alkyl halides is 2. The van der Waals surface area contributed by atoms with E-state index in [4.69, 9.17) is 23.5 Å². The summed E-state index contributed by atoms with van der Waals surface area (Å²) >= 11 is 0. The molecule has 1 saturated carbocycles. The van der Waals surface area contributed by atoms with Gasteiger partial charge in [0, 0.05) is 0 Å². The third-order valence-corrected chi connectivity index (χ3v) is 8.13. The van der Waals surface area contributed by atoms with E-state index in [1.165, 1.54) is 0 Å². The van der Waals surface area contributed by atoms with E-state index in [1.807, 2.05) is 6.92 Å². The summed E-state index contributed by atoms with van der Waals surface area (Å²) in [4.78, 5) is 49.6. The molecule has 0 amide bonds. The summed E-state index contributed by atoms with van der Waals surface area (Å²) in [5, 5.41) is -4.74. The van der Waals surface area contributed by atoms with Gasteiger partial charge in [0.05, 0.1) is 12.8 Å². The molecule has 7 unspecified atom stereocenters. The molecule has 202 valence electrons. The Morgan fingerprint density at radius 3 is 2.36 bits per heavy atom. The van der Waals surface area contributed by atoms with Gasteiger partial charge in [-0.05, 0) is 39.5 Å². The molecule has 1 N–H and O–H groups in total. The van der Waals surface area contributed by atoms with E-state index < -0.39 is 100 Å². The third-order valence-electron chi connectivity index (χ3n) is 7.11. The van der Waals surface area contributed by atoms with Crippen molar-refractivity contribution in [2.24, 2.45) is 11.8 Å². The SMILES string of the molecule is CC(OC(=O)CCC(=O)OC1C2OC(=O)C3C2OC1C3C(=O)OC1(C)CCCC1)C(F)(F)S(=O)(=O)O. The molecule has 15 heteroatoms. The van der Waals surface area contributed by atoms with E-state index in [1.54, 1.807) is 0 Å². The second-order valence-corrected chi connectivity index (χ2v) is 11.2. The zero-order valence-electron chi connectivity index (χ0n) is 19.4. The Morgan fingerprint density at radius 2 is 1.75 bits per heavy atom. The molecule has 0 aromatic heterocycles. The lowest BCUT2D eigenvalue weighted by Gasteiger charge is -2.31. The van der Waals surface area contributed by atoms with Gasteiger partial charge in [0.2, 0.25) is 0 Å². The summed E-state index contributed by atoms with van der Waals surface area (Å²) in [5.74, 6) is -5.56. The average molecular weight is 540 g/mol. The predicted octanol–water partition coefficient (Wildman–Crippen LogP) is 0.905. The minimum atomic E-state index is -5.83. The highest BCUT2D eigenvalue weighted by atomic mass is 32.2. The number of ether oxygens (including phenoxy) is 5.